The van der Waals surface area contributed by atoms with E-state index in [1.807, 2.05) is 0 Å². The third kappa shape index (κ3) is 4.44. The minimum Gasteiger partial charge on any atom is -0.451 e. The Morgan fingerprint density at radius 2 is 1.75 bits per heavy atom. The SMILES string of the molecule is O=C1CCCCCCCCCCC1C(O)c1cocn1. The van der Waals surface area contributed by atoms with Crippen molar-refractivity contribution in [3.05, 3.63) is 18.4 Å². The number of oxazole rings is 1. The molecule has 1 fully saturated rings. The maximum absolute atomic E-state index is 12.3. The van der Waals surface area contributed by atoms with Crippen LogP contribution in [-0.2, 0) is 4.79 Å². The molecule has 1 aromatic rings. The van der Waals surface area contributed by atoms with Gasteiger partial charge in [0.1, 0.15) is 23.8 Å². The molecule has 1 aliphatic carbocycles. The van der Waals surface area contributed by atoms with Crippen molar-refractivity contribution >= 4 is 5.78 Å². The van der Waals surface area contributed by atoms with E-state index in [1.165, 1.54) is 38.3 Å². The van der Waals surface area contributed by atoms with E-state index < -0.39 is 6.10 Å². The Balaban J connectivity index is 1.99. The van der Waals surface area contributed by atoms with Crippen molar-refractivity contribution in [1.29, 1.82) is 0 Å². The fourth-order valence-electron chi connectivity index (χ4n) is 2.98. The number of Topliss-reactive ketones (excluding diaryl/α,β-unsaturated/α-hetero) is 1. The van der Waals surface area contributed by atoms with Crippen LogP contribution in [0, 0.1) is 5.92 Å². The molecule has 4 heteroatoms. The van der Waals surface area contributed by atoms with Gasteiger partial charge in [0.2, 0.25) is 0 Å². The van der Waals surface area contributed by atoms with Gasteiger partial charge in [0.05, 0.1) is 0 Å². The molecule has 1 saturated carbocycles. The van der Waals surface area contributed by atoms with Crippen LogP contribution in [0.5, 0.6) is 0 Å². The summed E-state index contributed by atoms with van der Waals surface area (Å²) in [6.07, 6.45) is 12.5. The van der Waals surface area contributed by atoms with Crippen LogP contribution in [0.3, 0.4) is 0 Å². The lowest BCUT2D eigenvalue weighted by Gasteiger charge is -2.21. The number of carbonyl (C=O) groups excluding carboxylic acids is 1. The molecule has 2 rings (SSSR count). The smallest absolute Gasteiger partial charge is 0.180 e. The third-order valence-corrected chi connectivity index (χ3v) is 4.24. The summed E-state index contributed by atoms with van der Waals surface area (Å²) in [7, 11) is 0. The lowest BCUT2D eigenvalue weighted by atomic mass is 9.86. The summed E-state index contributed by atoms with van der Waals surface area (Å²) < 4.78 is 4.92. The molecular weight excluding hydrogens is 254 g/mol. The largest absolute Gasteiger partial charge is 0.451 e. The zero-order valence-corrected chi connectivity index (χ0v) is 12.1. The minimum atomic E-state index is -0.816. The first-order valence-electron chi connectivity index (χ1n) is 7.88. The normalized spacial score (nSPS) is 24.6. The zero-order valence-electron chi connectivity index (χ0n) is 12.1. The van der Waals surface area contributed by atoms with Crippen LogP contribution in [0.15, 0.2) is 17.1 Å². The van der Waals surface area contributed by atoms with E-state index in [1.54, 1.807) is 0 Å². The second-order valence-corrected chi connectivity index (χ2v) is 5.80. The first-order valence-corrected chi connectivity index (χ1v) is 7.88. The van der Waals surface area contributed by atoms with E-state index in [-0.39, 0.29) is 11.7 Å². The highest BCUT2D eigenvalue weighted by atomic mass is 16.3. The molecule has 0 aromatic carbocycles. The molecule has 112 valence electrons. The highest BCUT2D eigenvalue weighted by Gasteiger charge is 2.28. The van der Waals surface area contributed by atoms with Gasteiger partial charge in [-0.05, 0) is 12.8 Å². The van der Waals surface area contributed by atoms with Gasteiger partial charge in [0.15, 0.2) is 6.39 Å². The van der Waals surface area contributed by atoms with E-state index in [0.717, 1.165) is 32.1 Å². The topological polar surface area (TPSA) is 63.3 Å². The average Bonchev–Trinajstić information content (AvgIpc) is 2.96. The van der Waals surface area contributed by atoms with Crippen LogP contribution in [-0.4, -0.2) is 15.9 Å². The summed E-state index contributed by atoms with van der Waals surface area (Å²) in [4.78, 5) is 16.3. The first kappa shape index (κ1) is 15.2. The van der Waals surface area contributed by atoms with Crippen LogP contribution < -0.4 is 0 Å². The van der Waals surface area contributed by atoms with E-state index in [4.69, 9.17) is 4.42 Å². The van der Waals surface area contributed by atoms with Crippen LogP contribution in [0.2, 0.25) is 0 Å². The number of aliphatic hydroxyl groups excluding tert-OH is 1. The van der Waals surface area contributed by atoms with E-state index in [2.05, 4.69) is 4.98 Å². The second-order valence-electron chi connectivity index (χ2n) is 5.80. The maximum Gasteiger partial charge on any atom is 0.180 e. The molecule has 4 nitrogen and oxygen atoms in total. The predicted molar refractivity (Wildman–Crippen MR) is 76.1 cm³/mol. The molecule has 0 aliphatic heterocycles. The molecule has 0 bridgehead atoms. The number of rotatable bonds is 2. The van der Waals surface area contributed by atoms with Gasteiger partial charge >= 0.3 is 0 Å². The Morgan fingerprint density at radius 3 is 2.40 bits per heavy atom. The zero-order chi connectivity index (χ0) is 14.2. The van der Waals surface area contributed by atoms with Gasteiger partial charge in [-0.25, -0.2) is 4.98 Å². The lowest BCUT2D eigenvalue weighted by Crippen LogP contribution is -2.23. The molecule has 0 radical (unpaired) electrons. The summed E-state index contributed by atoms with van der Waals surface area (Å²) in [5.41, 5.74) is 0.482. The quantitative estimate of drug-likeness (QED) is 0.894. The van der Waals surface area contributed by atoms with E-state index in [9.17, 15) is 9.90 Å². The van der Waals surface area contributed by atoms with Crippen LogP contribution in [0.1, 0.15) is 76.0 Å². The Morgan fingerprint density at radius 1 is 1.10 bits per heavy atom. The summed E-state index contributed by atoms with van der Waals surface area (Å²) >= 11 is 0. The number of hydrogen-bond donors (Lipinski definition) is 1. The fraction of sp³-hybridized carbons (Fsp3) is 0.750. The monoisotopic (exact) mass is 279 g/mol. The standard InChI is InChI=1S/C16H25NO3/c18-15-10-8-6-4-2-1-3-5-7-9-13(15)16(19)14-11-20-12-17-14/h11-13,16,19H,1-10H2. The number of aliphatic hydroxyl groups is 1. The van der Waals surface area contributed by atoms with E-state index >= 15 is 0 Å². The third-order valence-electron chi connectivity index (χ3n) is 4.24. The Kier molecular flexibility index (Phi) is 6.25. The molecule has 2 unspecified atom stereocenters. The van der Waals surface area contributed by atoms with Gasteiger partial charge in [-0.1, -0.05) is 44.9 Å². The summed E-state index contributed by atoms with van der Waals surface area (Å²) in [6, 6.07) is 0. The van der Waals surface area contributed by atoms with Gasteiger partial charge in [-0.3, -0.25) is 4.79 Å². The molecule has 0 saturated heterocycles. The molecule has 1 aromatic heterocycles. The van der Waals surface area contributed by atoms with Gasteiger partial charge in [0, 0.05) is 12.3 Å². The highest BCUT2D eigenvalue weighted by Crippen LogP contribution is 2.29. The van der Waals surface area contributed by atoms with Crippen molar-refractivity contribution in [3.8, 4) is 0 Å². The molecule has 0 spiro atoms. The van der Waals surface area contributed by atoms with Crippen molar-refractivity contribution in [2.45, 2.75) is 70.3 Å². The molecule has 1 N–H and O–H groups in total. The molecule has 1 heterocycles. The maximum atomic E-state index is 12.3. The van der Waals surface area contributed by atoms with Crippen LogP contribution in [0.4, 0.5) is 0 Å². The van der Waals surface area contributed by atoms with Crippen molar-refractivity contribution in [3.63, 3.8) is 0 Å². The molecular formula is C16H25NO3. The van der Waals surface area contributed by atoms with Crippen LogP contribution >= 0.6 is 0 Å². The Bertz CT molecular complexity index is 388. The van der Waals surface area contributed by atoms with Gasteiger partial charge < -0.3 is 9.52 Å². The summed E-state index contributed by atoms with van der Waals surface area (Å²) in [5, 5.41) is 10.4. The minimum absolute atomic E-state index is 0.182. The predicted octanol–water partition coefficient (Wildman–Crippen LogP) is 3.81. The van der Waals surface area contributed by atoms with Gasteiger partial charge in [-0.15, -0.1) is 0 Å². The molecule has 20 heavy (non-hydrogen) atoms. The Labute approximate surface area is 120 Å². The second kappa shape index (κ2) is 8.20. The summed E-state index contributed by atoms with van der Waals surface area (Å²) in [5.74, 6) is -0.138. The molecule has 1 aliphatic rings. The number of carbonyl (C=O) groups is 1. The molecule has 2 atom stereocenters. The van der Waals surface area contributed by atoms with Crippen molar-refractivity contribution in [2.75, 3.05) is 0 Å². The van der Waals surface area contributed by atoms with Gasteiger partial charge in [0.25, 0.3) is 0 Å². The highest BCUT2D eigenvalue weighted by molar-refractivity contribution is 5.81. The van der Waals surface area contributed by atoms with Gasteiger partial charge in [-0.2, -0.15) is 0 Å². The lowest BCUT2D eigenvalue weighted by molar-refractivity contribution is -0.127. The number of ketones is 1. The average molecular weight is 279 g/mol. The number of aromatic nitrogens is 1. The van der Waals surface area contributed by atoms with Crippen molar-refractivity contribution in [2.24, 2.45) is 5.92 Å². The Hall–Kier alpha value is -1.16. The van der Waals surface area contributed by atoms with Crippen molar-refractivity contribution < 1.29 is 14.3 Å². The number of hydrogen-bond acceptors (Lipinski definition) is 4. The first-order chi connectivity index (χ1) is 9.79. The van der Waals surface area contributed by atoms with E-state index in [0.29, 0.717) is 12.1 Å². The van der Waals surface area contributed by atoms with Crippen LogP contribution in [0.25, 0.3) is 0 Å². The summed E-state index contributed by atoms with van der Waals surface area (Å²) in [6.45, 7) is 0. The fourth-order valence-corrected chi connectivity index (χ4v) is 2.98. The molecule has 0 amide bonds. The van der Waals surface area contributed by atoms with Crippen molar-refractivity contribution in [1.82, 2.24) is 4.98 Å². The number of nitrogens with zero attached hydrogens (tertiary/aromatic N) is 1.